The van der Waals surface area contributed by atoms with Gasteiger partial charge in [0, 0.05) is 25.3 Å². The number of amides is 2. The van der Waals surface area contributed by atoms with E-state index in [4.69, 9.17) is 4.74 Å². The van der Waals surface area contributed by atoms with Crippen LogP contribution in [0.5, 0.6) is 0 Å². The molecule has 2 fully saturated rings. The number of carbonyl (C=O) groups is 3. The number of rotatable bonds is 8. The molecule has 2 amide bonds. The van der Waals surface area contributed by atoms with E-state index in [0.29, 0.717) is 42.1 Å². The van der Waals surface area contributed by atoms with Crippen molar-refractivity contribution in [2.24, 2.45) is 5.92 Å². The van der Waals surface area contributed by atoms with Crippen molar-refractivity contribution >= 4 is 17.8 Å². The third-order valence-corrected chi connectivity index (χ3v) is 6.93. The van der Waals surface area contributed by atoms with Gasteiger partial charge in [-0.25, -0.2) is 4.79 Å². The van der Waals surface area contributed by atoms with E-state index in [2.05, 4.69) is 15.2 Å². The van der Waals surface area contributed by atoms with Gasteiger partial charge in [0.15, 0.2) is 0 Å². The summed E-state index contributed by atoms with van der Waals surface area (Å²) in [6.45, 7) is 12.2. The highest BCUT2D eigenvalue weighted by molar-refractivity contribution is 6.00. The van der Waals surface area contributed by atoms with Gasteiger partial charge in [0.05, 0.1) is 17.6 Å². The smallest absolute Gasteiger partial charge is 0.340 e. The van der Waals surface area contributed by atoms with Crippen LogP contribution in [0.1, 0.15) is 90.9 Å². The Balaban J connectivity index is 1.52. The number of hydrogen-bond acceptors (Lipinski definition) is 5. The molecule has 190 valence electrons. The highest BCUT2D eigenvalue weighted by atomic mass is 16.5. The number of ether oxygens (including phenoxy) is 1. The first kappa shape index (κ1) is 26.3. The van der Waals surface area contributed by atoms with Gasteiger partial charge in [-0.3, -0.25) is 9.59 Å². The number of likely N-dealkylation sites (tertiary alicyclic amines) is 2. The minimum Gasteiger partial charge on any atom is -0.459 e. The molecule has 2 aliphatic heterocycles. The van der Waals surface area contributed by atoms with E-state index in [0.717, 1.165) is 25.8 Å². The molecular weight excluding hydrogens is 432 g/mol. The average Bonchev–Trinajstić information content (AvgIpc) is 2.95. The molecule has 8 nitrogen and oxygen atoms in total. The number of carbonyl (C=O) groups excluding carboxylic acids is 3. The summed E-state index contributed by atoms with van der Waals surface area (Å²) in [4.78, 5) is 45.9. The van der Waals surface area contributed by atoms with Crippen molar-refractivity contribution in [2.45, 2.75) is 78.7 Å². The van der Waals surface area contributed by atoms with E-state index in [9.17, 15) is 14.4 Å². The van der Waals surface area contributed by atoms with Gasteiger partial charge in [-0.15, -0.1) is 0 Å². The number of hydrogen-bond donors (Lipinski definition) is 2. The highest BCUT2D eigenvalue weighted by Crippen LogP contribution is 2.24. The van der Waals surface area contributed by atoms with Gasteiger partial charge in [-0.05, 0) is 85.0 Å². The van der Waals surface area contributed by atoms with Crippen molar-refractivity contribution < 1.29 is 19.1 Å². The lowest BCUT2D eigenvalue weighted by Crippen LogP contribution is -2.46. The summed E-state index contributed by atoms with van der Waals surface area (Å²) < 4.78 is 5.34. The maximum absolute atomic E-state index is 13.3. The minimum absolute atomic E-state index is 0.0361. The zero-order chi connectivity index (χ0) is 24.7. The number of aromatic amines is 1. The second kappa shape index (κ2) is 12.4. The largest absolute Gasteiger partial charge is 0.459 e. The molecule has 0 aliphatic carbocycles. The molecule has 2 N–H and O–H groups in total. The van der Waals surface area contributed by atoms with Gasteiger partial charge in [-0.2, -0.15) is 0 Å². The summed E-state index contributed by atoms with van der Waals surface area (Å²) in [7, 11) is 0. The summed E-state index contributed by atoms with van der Waals surface area (Å²) in [6, 6.07) is 0. The normalized spacial score (nSPS) is 19.7. The van der Waals surface area contributed by atoms with E-state index in [-0.39, 0.29) is 23.8 Å². The Hall–Kier alpha value is -2.35. The molecule has 2 saturated heterocycles. The van der Waals surface area contributed by atoms with Gasteiger partial charge in [0.2, 0.25) is 5.91 Å². The van der Waals surface area contributed by atoms with Crippen LogP contribution in [0.15, 0.2) is 0 Å². The lowest BCUT2D eigenvalue weighted by molar-refractivity contribution is -0.126. The number of aryl methyl sites for hydroxylation is 1. The quantitative estimate of drug-likeness (QED) is 0.445. The second-order valence-corrected chi connectivity index (χ2v) is 10.1. The number of esters is 1. The first-order valence-corrected chi connectivity index (χ1v) is 13.0. The molecule has 1 aromatic rings. The summed E-state index contributed by atoms with van der Waals surface area (Å²) in [5.41, 5.74) is 2.06. The van der Waals surface area contributed by atoms with Crippen molar-refractivity contribution in [3.8, 4) is 0 Å². The van der Waals surface area contributed by atoms with Gasteiger partial charge in [-0.1, -0.05) is 12.8 Å². The maximum atomic E-state index is 13.3. The summed E-state index contributed by atoms with van der Waals surface area (Å²) in [6.07, 6.45) is 7.51. The van der Waals surface area contributed by atoms with Gasteiger partial charge < -0.3 is 24.8 Å². The first-order valence-electron chi connectivity index (χ1n) is 13.0. The van der Waals surface area contributed by atoms with E-state index in [1.165, 1.54) is 38.8 Å². The van der Waals surface area contributed by atoms with Crippen molar-refractivity contribution in [1.29, 1.82) is 0 Å². The van der Waals surface area contributed by atoms with E-state index < -0.39 is 5.97 Å². The third-order valence-electron chi connectivity index (χ3n) is 6.93. The standard InChI is InChI=1S/C26H42N4O4/c1-18(2)34-26(33)22-19(3)23(28-20(22)4)25(32)30-16-9-11-21(17-30)24(31)27-12-10-15-29-13-7-5-6-8-14-29/h18,21,28H,5-17H2,1-4H3,(H,27,31)/t21-/m1/s1. The average molecular weight is 475 g/mol. The second-order valence-electron chi connectivity index (χ2n) is 10.1. The minimum atomic E-state index is -0.420. The van der Waals surface area contributed by atoms with Crippen LogP contribution >= 0.6 is 0 Å². The molecule has 0 bridgehead atoms. The number of piperidine rings is 1. The third kappa shape index (κ3) is 6.84. The van der Waals surface area contributed by atoms with Crippen molar-refractivity contribution in [3.63, 3.8) is 0 Å². The number of nitrogens with one attached hydrogen (secondary N) is 2. The first-order chi connectivity index (χ1) is 16.3. The topological polar surface area (TPSA) is 94.7 Å². The molecule has 3 heterocycles. The molecule has 0 saturated carbocycles. The highest BCUT2D eigenvalue weighted by Gasteiger charge is 2.32. The Labute approximate surface area is 203 Å². The summed E-state index contributed by atoms with van der Waals surface area (Å²) in [5.74, 6) is -0.745. The van der Waals surface area contributed by atoms with Gasteiger partial charge >= 0.3 is 5.97 Å². The Bertz CT molecular complexity index is 855. The van der Waals surface area contributed by atoms with Gasteiger partial charge in [0.25, 0.3) is 5.91 Å². The molecule has 34 heavy (non-hydrogen) atoms. The Kier molecular flexibility index (Phi) is 9.56. The molecule has 3 rings (SSSR count). The molecule has 0 aromatic carbocycles. The monoisotopic (exact) mass is 474 g/mol. The zero-order valence-corrected chi connectivity index (χ0v) is 21.4. The fraction of sp³-hybridized carbons (Fsp3) is 0.731. The van der Waals surface area contributed by atoms with Crippen molar-refractivity contribution in [1.82, 2.24) is 20.1 Å². The fourth-order valence-corrected chi connectivity index (χ4v) is 5.10. The summed E-state index contributed by atoms with van der Waals surface area (Å²) in [5, 5.41) is 3.09. The van der Waals surface area contributed by atoms with Gasteiger partial charge in [0.1, 0.15) is 5.69 Å². The lowest BCUT2D eigenvalue weighted by atomic mass is 9.96. The predicted molar refractivity (Wildman–Crippen MR) is 132 cm³/mol. The Morgan fingerprint density at radius 3 is 2.44 bits per heavy atom. The molecular formula is C26H42N4O4. The van der Waals surface area contributed by atoms with Crippen LogP contribution in [-0.2, 0) is 9.53 Å². The number of H-pyrrole nitrogens is 1. The number of aromatic nitrogens is 1. The van der Waals surface area contributed by atoms with Crippen LogP contribution in [0.4, 0.5) is 0 Å². The lowest BCUT2D eigenvalue weighted by Gasteiger charge is -2.32. The van der Waals surface area contributed by atoms with Crippen LogP contribution < -0.4 is 5.32 Å². The predicted octanol–water partition coefficient (Wildman–Crippen LogP) is 3.43. The Morgan fingerprint density at radius 2 is 1.76 bits per heavy atom. The zero-order valence-electron chi connectivity index (χ0n) is 21.4. The molecule has 2 aliphatic rings. The maximum Gasteiger partial charge on any atom is 0.340 e. The van der Waals surface area contributed by atoms with Crippen LogP contribution in [0.2, 0.25) is 0 Å². The van der Waals surface area contributed by atoms with Crippen molar-refractivity contribution in [3.05, 3.63) is 22.5 Å². The SMILES string of the molecule is Cc1[nH]c(C(=O)N2CCC[C@@H](C(=O)NCCCN3CCCCCC3)C2)c(C)c1C(=O)OC(C)C. The number of nitrogens with zero attached hydrogens (tertiary/aromatic N) is 2. The summed E-state index contributed by atoms with van der Waals surface area (Å²) >= 11 is 0. The molecule has 0 radical (unpaired) electrons. The molecule has 1 atom stereocenters. The molecule has 8 heteroatoms. The van der Waals surface area contributed by atoms with E-state index >= 15 is 0 Å². The molecule has 0 unspecified atom stereocenters. The van der Waals surface area contributed by atoms with Crippen molar-refractivity contribution in [2.75, 3.05) is 39.3 Å². The van der Waals surface area contributed by atoms with E-state index in [1.807, 2.05) is 0 Å². The molecule has 0 spiro atoms. The van der Waals surface area contributed by atoms with Crippen LogP contribution in [0.3, 0.4) is 0 Å². The molecule has 1 aromatic heterocycles. The van der Waals surface area contributed by atoms with Crippen LogP contribution in [0, 0.1) is 19.8 Å². The fourth-order valence-electron chi connectivity index (χ4n) is 5.10. The van der Waals surface area contributed by atoms with E-state index in [1.54, 1.807) is 32.6 Å². The Morgan fingerprint density at radius 1 is 1.06 bits per heavy atom. The van der Waals surface area contributed by atoms with Crippen LogP contribution in [0.25, 0.3) is 0 Å². The van der Waals surface area contributed by atoms with Crippen LogP contribution in [-0.4, -0.2) is 77.9 Å².